The van der Waals surface area contributed by atoms with Crippen molar-refractivity contribution in [3.8, 4) is 0 Å². The number of carbonyl (C=O) groups excluding carboxylic acids is 4. The molecule has 0 aliphatic rings. The monoisotopic (exact) mass is 671 g/mol. The smallest absolute Gasteiger partial charge is 0.252 e. The molecular weight excluding hydrogens is 618 g/mol. The molecule has 3 rings (SSSR count). The van der Waals surface area contributed by atoms with Crippen molar-refractivity contribution in [1.82, 2.24) is 31.6 Å². The molecule has 3 aromatic rings. The van der Waals surface area contributed by atoms with Crippen LogP contribution < -0.4 is 32.3 Å². The van der Waals surface area contributed by atoms with Gasteiger partial charge in [-0.05, 0) is 73.9 Å². The van der Waals surface area contributed by atoms with Gasteiger partial charge in [-0.2, -0.15) is 0 Å². The predicted molar refractivity (Wildman–Crippen MR) is 193 cm³/mol. The Morgan fingerprint density at radius 3 is 2.02 bits per heavy atom. The average molecular weight is 672 g/mol. The summed E-state index contributed by atoms with van der Waals surface area (Å²) in [5, 5.41) is 15.2. The molecule has 11 heteroatoms. The molecule has 0 saturated heterocycles. The van der Waals surface area contributed by atoms with Gasteiger partial charge in [0, 0.05) is 36.2 Å². The molecule has 2 aromatic carbocycles. The third-order valence-electron chi connectivity index (χ3n) is 8.12. The van der Waals surface area contributed by atoms with E-state index in [4.69, 9.17) is 5.73 Å². The average Bonchev–Trinajstić information content (AvgIpc) is 3.06. The van der Waals surface area contributed by atoms with E-state index in [0.717, 1.165) is 11.1 Å². The Kier molecular flexibility index (Phi) is 14.8. The molecular formula is C38H53N7O4. The lowest BCUT2D eigenvalue weighted by Crippen LogP contribution is -2.57. The molecule has 2 unspecified atom stereocenters. The second-order valence-electron chi connectivity index (χ2n) is 13.8. The van der Waals surface area contributed by atoms with Crippen molar-refractivity contribution in [3.05, 3.63) is 95.8 Å². The van der Waals surface area contributed by atoms with E-state index in [-0.39, 0.29) is 29.3 Å². The second kappa shape index (κ2) is 18.7. The number of nitrogens with one attached hydrogen (secondary N) is 5. The highest BCUT2D eigenvalue weighted by Gasteiger charge is 2.31. The maximum absolute atomic E-state index is 13.8. The van der Waals surface area contributed by atoms with Crippen molar-refractivity contribution < 1.29 is 19.2 Å². The van der Waals surface area contributed by atoms with Crippen molar-refractivity contribution in [2.45, 2.75) is 97.4 Å². The number of nitrogens with zero attached hydrogens (tertiary/aromatic N) is 1. The molecule has 0 aliphatic carbocycles. The summed E-state index contributed by atoms with van der Waals surface area (Å²) < 4.78 is 0. The molecule has 1 aromatic heterocycles. The van der Waals surface area contributed by atoms with E-state index in [1.165, 1.54) is 12.4 Å². The highest BCUT2D eigenvalue weighted by Crippen LogP contribution is 2.21. The van der Waals surface area contributed by atoms with Gasteiger partial charge in [-0.3, -0.25) is 24.2 Å². The number of aromatic nitrogens is 1. The van der Waals surface area contributed by atoms with E-state index < -0.39 is 29.9 Å². The second-order valence-corrected chi connectivity index (χ2v) is 13.8. The van der Waals surface area contributed by atoms with E-state index in [9.17, 15) is 19.2 Å². The van der Waals surface area contributed by atoms with Crippen LogP contribution in [0.15, 0.2) is 79.1 Å². The zero-order chi connectivity index (χ0) is 36.0. The van der Waals surface area contributed by atoms with Crippen molar-refractivity contribution in [3.63, 3.8) is 0 Å². The van der Waals surface area contributed by atoms with Crippen LogP contribution in [0.25, 0.3) is 0 Å². The van der Waals surface area contributed by atoms with Gasteiger partial charge in [-0.15, -0.1) is 0 Å². The number of pyridine rings is 1. The van der Waals surface area contributed by atoms with Gasteiger partial charge in [-0.1, -0.05) is 76.6 Å². The van der Waals surface area contributed by atoms with Crippen LogP contribution in [0.5, 0.6) is 0 Å². The van der Waals surface area contributed by atoms with Crippen molar-refractivity contribution in [1.29, 1.82) is 0 Å². The predicted octanol–water partition coefficient (Wildman–Crippen LogP) is 4.07. The van der Waals surface area contributed by atoms with Gasteiger partial charge in [0.05, 0.1) is 12.1 Å². The van der Waals surface area contributed by atoms with Crippen molar-refractivity contribution in [2.24, 2.45) is 5.41 Å². The minimum absolute atomic E-state index is 0.177. The van der Waals surface area contributed by atoms with Crippen LogP contribution in [0.3, 0.4) is 0 Å². The first kappa shape index (κ1) is 38.7. The zero-order valence-electron chi connectivity index (χ0n) is 29.6. The summed E-state index contributed by atoms with van der Waals surface area (Å²) in [6.07, 6.45) is 4.98. The van der Waals surface area contributed by atoms with Gasteiger partial charge in [0.1, 0.15) is 12.1 Å². The lowest BCUT2D eigenvalue weighted by Gasteiger charge is -2.29. The van der Waals surface area contributed by atoms with Crippen LogP contribution in [0.4, 0.5) is 5.69 Å². The van der Waals surface area contributed by atoms with E-state index in [2.05, 4.69) is 31.6 Å². The Bertz CT molecular complexity index is 1490. The Balaban J connectivity index is 1.70. The van der Waals surface area contributed by atoms with Crippen LogP contribution in [-0.4, -0.2) is 59.3 Å². The topological polar surface area (TPSA) is 167 Å². The molecule has 0 radical (unpaired) electrons. The number of nitrogen functional groups attached to an aromatic ring is 1. The summed E-state index contributed by atoms with van der Waals surface area (Å²) in [6, 6.07) is 17.5. The molecule has 0 saturated carbocycles. The Labute approximate surface area is 290 Å². The maximum Gasteiger partial charge on any atom is 0.252 e. The summed E-state index contributed by atoms with van der Waals surface area (Å²) in [4.78, 5) is 57.5. The van der Waals surface area contributed by atoms with Crippen LogP contribution in [0.2, 0.25) is 0 Å². The minimum Gasteiger partial charge on any atom is -0.399 e. The normalized spacial score (nSPS) is 14.4. The third kappa shape index (κ3) is 13.3. The Morgan fingerprint density at radius 1 is 0.776 bits per heavy atom. The number of carbonyl (C=O) groups is 4. The third-order valence-corrected chi connectivity index (χ3v) is 8.12. The van der Waals surface area contributed by atoms with Crippen molar-refractivity contribution >= 4 is 29.3 Å². The molecule has 1 heterocycles. The molecule has 49 heavy (non-hydrogen) atoms. The first-order valence-corrected chi connectivity index (χ1v) is 17.0. The van der Waals surface area contributed by atoms with E-state index in [1.54, 1.807) is 31.2 Å². The SMILES string of the molecule is CCC[C@H](NC(=O)C(CC(C)(C)C)NC(=O)c1ccncc1)C(=O)NC(CN[C@@H](C)C(=O)N[C@H](C)c1ccc(N)cc1)Cc1ccccc1. The number of hydrogen-bond donors (Lipinski definition) is 6. The summed E-state index contributed by atoms with van der Waals surface area (Å²) in [6.45, 7) is 11.9. The van der Waals surface area contributed by atoms with Gasteiger partial charge >= 0.3 is 0 Å². The molecule has 264 valence electrons. The number of amides is 4. The lowest BCUT2D eigenvalue weighted by molar-refractivity contribution is -0.130. The maximum atomic E-state index is 13.8. The number of rotatable bonds is 17. The largest absolute Gasteiger partial charge is 0.399 e. The lowest BCUT2D eigenvalue weighted by atomic mass is 9.87. The van der Waals surface area contributed by atoms with Crippen LogP contribution in [-0.2, 0) is 20.8 Å². The van der Waals surface area contributed by atoms with Crippen LogP contribution >= 0.6 is 0 Å². The van der Waals surface area contributed by atoms with E-state index in [1.807, 2.05) is 77.1 Å². The molecule has 4 amide bonds. The van der Waals surface area contributed by atoms with Gasteiger partial charge in [0.25, 0.3) is 5.91 Å². The van der Waals surface area contributed by atoms with E-state index >= 15 is 0 Å². The first-order valence-electron chi connectivity index (χ1n) is 17.0. The van der Waals surface area contributed by atoms with E-state index in [0.29, 0.717) is 43.5 Å². The van der Waals surface area contributed by atoms with Crippen LogP contribution in [0, 0.1) is 5.41 Å². The number of nitrogens with two attached hydrogens (primary N) is 1. The fourth-order valence-corrected chi connectivity index (χ4v) is 5.39. The number of benzene rings is 2. The molecule has 0 fully saturated rings. The van der Waals surface area contributed by atoms with Gasteiger partial charge < -0.3 is 32.3 Å². The van der Waals surface area contributed by atoms with Gasteiger partial charge in [0.15, 0.2) is 0 Å². The minimum atomic E-state index is -0.857. The highest BCUT2D eigenvalue weighted by molar-refractivity contribution is 5.98. The fourth-order valence-electron chi connectivity index (χ4n) is 5.39. The van der Waals surface area contributed by atoms with Crippen molar-refractivity contribution in [2.75, 3.05) is 12.3 Å². The standard InChI is InChI=1S/C38H53N7O4/c1-7-11-32(44-37(49)33(23-38(4,5)6)45-35(47)29-18-20-40-21-19-29)36(48)43-31(22-27-12-9-8-10-13-27)24-41-26(3)34(46)42-25(2)28-14-16-30(39)17-15-28/h8-10,12-21,25-26,31-33,41H,7,11,22-24,39H2,1-6H3,(H,42,46)(H,43,48)(H,44,49)(H,45,47)/t25-,26+,31?,32+,33?/m1/s1. The molecule has 0 spiro atoms. The Hall–Kier alpha value is -4.77. The number of hydrogen-bond acceptors (Lipinski definition) is 7. The molecule has 5 atom stereocenters. The molecule has 0 aliphatic heterocycles. The summed E-state index contributed by atoms with van der Waals surface area (Å²) in [7, 11) is 0. The van der Waals surface area contributed by atoms with Gasteiger partial charge in [-0.25, -0.2) is 0 Å². The Morgan fingerprint density at radius 2 is 1.41 bits per heavy atom. The molecule has 0 bridgehead atoms. The quantitative estimate of drug-likeness (QED) is 0.118. The first-order chi connectivity index (χ1) is 23.3. The van der Waals surface area contributed by atoms with Gasteiger partial charge in [0.2, 0.25) is 17.7 Å². The zero-order valence-corrected chi connectivity index (χ0v) is 29.6. The highest BCUT2D eigenvalue weighted by atomic mass is 16.2. The van der Waals surface area contributed by atoms with Crippen LogP contribution in [0.1, 0.15) is 88.3 Å². The molecule has 11 nitrogen and oxygen atoms in total. The fraction of sp³-hybridized carbons (Fsp3) is 0.447. The number of anilines is 1. The summed E-state index contributed by atoms with van der Waals surface area (Å²) in [5.41, 5.74) is 8.52. The summed E-state index contributed by atoms with van der Waals surface area (Å²) >= 11 is 0. The molecule has 7 N–H and O–H groups in total. The summed E-state index contributed by atoms with van der Waals surface area (Å²) in [5.74, 6) is -1.33.